The standard InChI is InChI=1S/C28H32N2O4/c1-27(2,3)33-25(31)29-19-9-13-23(29)17-15-21-11-7-8-12-22(21)16-18-24-14-10-20-30(24)26(32)34-28(4,5)6/h7-20H,1-6H3/b17-15+,18-16+. The van der Waals surface area contributed by atoms with Crippen LogP contribution in [0.1, 0.15) is 64.1 Å². The van der Waals surface area contributed by atoms with Gasteiger partial charge in [-0.15, -0.1) is 0 Å². The van der Waals surface area contributed by atoms with Crippen molar-refractivity contribution in [1.29, 1.82) is 0 Å². The molecule has 2 aromatic heterocycles. The molecule has 0 unspecified atom stereocenters. The van der Waals surface area contributed by atoms with Crippen LogP contribution in [0.3, 0.4) is 0 Å². The second-order valence-electron chi connectivity index (χ2n) is 9.86. The summed E-state index contributed by atoms with van der Waals surface area (Å²) < 4.78 is 13.9. The van der Waals surface area contributed by atoms with E-state index >= 15 is 0 Å². The van der Waals surface area contributed by atoms with E-state index in [0.717, 1.165) is 11.1 Å². The molecule has 0 bridgehead atoms. The molecule has 0 saturated carbocycles. The van der Waals surface area contributed by atoms with Crippen LogP contribution in [0.4, 0.5) is 9.59 Å². The van der Waals surface area contributed by atoms with Gasteiger partial charge in [-0.1, -0.05) is 36.4 Å². The first-order chi connectivity index (χ1) is 15.9. The quantitative estimate of drug-likeness (QED) is 0.413. The van der Waals surface area contributed by atoms with Crippen LogP contribution < -0.4 is 0 Å². The van der Waals surface area contributed by atoms with Crippen LogP contribution in [0.25, 0.3) is 24.3 Å². The minimum Gasteiger partial charge on any atom is -0.443 e. The summed E-state index contributed by atoms with van der Waals surface area (Å²) in [6.07, 6.45) is 10.2. The first-order valence-corrected chi connectivity index (χ1v) is 11.2. The minimum absolute atomic E-state index is 0.423. The van der Waals surface area contributed by atoms with Gasteiger partial charge in [0.2, 0.25) is 0 Å². The second kappa shape index (κ2) is 10.00. The number of ether oxygens (including phenoxy) is 2. The predicted octanol–water partition coefficient (Wildman–Crippen LogP) is 7.20. The lowest BCUT2D eigenvalue weighted by Gasteiger charge is -2.20. The zero-order valence-corrected chi connectivity index (χ0v) is 20.6. The van der Waals surface area contributed by atoms with Gasteiger partial charge in [0.1, 0.15) is 11.2 Å². The third-order valence-electron chi connectivity index (χ3n) is 4.60. The molecule has 0 radical (unpaired) electrons. The van der Waals surface area contributed by atoms with Gasteiger partial charge >= 0.3 is 12.2 Å². The number of benzene rings is 1. The summed E-state index contributed by atoms with van der Waals surface area (Å²) in [5.41, 5.74) is 2.21. The molecule has 0 fully saturated rings. The summed E-state index contributed by atoms with van der Waals surface area (Å²) in [7, 11) is 0. The molecule has 0 aliphatic heterocycles. The van der Waals surface area contributed by atoms with E-state index in [0.29, 0.717) is 11.4 Å². The van der Waals surface area contributed by atoms with Crippen molar-refractivity contribution in [2.24, 2.45) is 0 Å². The Morgan fingerprint density at radius 2 is 1.00 bits per heavy atom. The molecule has 6 heteroatoms. The van der Waals surface area contributed by atoms with E-state index in [2.05, 4.69) is 0 Å². The van der Waals surface area contributed by atoms with E-state index in [9.17, 15) is 9.59 Å². The fraction of sp³-hybridized carbons (Fsp3) is 0.286. The fourth-order valence-electron chi connectivity index (χ4n) is 3.18. The van der Waals surface area contributed by atoms with Crippen LogP contribution in [0, 0.1) is 0 Å². The Labute approximate surface area is 201 Å². The van der Waals surface area contributed by atoms with Gasteiger partial charge in [0.05, 0.1) is 11.4 Å². The molecule has 0 aliphatic carbocycles. The Hall–Kier alpha value is -3.80. The second-order valence-corrected chi connectivity index (χ2v) is 9.86. The molecular weight excluding hydrogens is 428 g/mol. The van der Waals surface area contributed by atoms with E-state index in [1.54, 1.807) is 24.5 Å². The molecule has 0 saturated heterocycles. The first kappa shape index (κ1) is 24.8. The van der Waals surface area contributed by atoms with Gasteiger partial charge in [0.15, 0.2) is 0 Å². The van der Waals surface area contributed by atoms with Crippen LogP contribution in [0.15, 0.2) is 60.9 Å². The van der Waals surface area contributed by atoms with Crippen LogP contribution in [0.5, 0.6) is 0 Å². The maximum atomic E-state index is 12.5. The van der Waals surface area contributed by atoms with E-state index in [1.165, 1.54) is 9.13 Å². The number of nitrogens with zero attached hydrogens (tertiary/aromatic N) is 2. The third kappa shape index (κ3) is 6.85. The zero-order chi connectivity index (χ0) is 24.9. The molecule has 0 atom stereocenters. The summed E-state index contributed by atoms with van der Waals surface area (Å²) >= 11 is 0. The molecule has 3 aromatic rings. The van der Waals surface area contributed by atoms with E-state index in [1.807, 2.05) is 102 Å². The highest BCUT2D eigenvalue weighted by atomic mass is 16.6. The molecule has 6 nitrogen and oxygen atoms in total. The average Bonchev–Trinajstić information content (AvgIpc) is 3.38. The molecular formula is C28H32N2O4. The summed E-state index contributed by atoms with van der Waals surface area (Å²) in [4.78, 5) is 25.0. The van der Waals surface area contributed by atoms with E-state index in [4.69, 9.17) is 9.47 Å². The molecule has 34 heavy (non-hydrogen) atoms. The Kier molecular flexibility index (Phi) is 7.30. The van der Waals surface area contributed by atoms with Gasteiger partial charge in [-0.05, 0) is 89.1 Å². The largest absolute Gasteiger partial charge is 0.443 e. The summed E-state index contributed by atoms with van der Waals surface area (Å²) in [6.45, 7) is 11.0. The summed E-state index contributed by atoms with van der Waals surface area (Å²) in [5.74, 6) is 0. The number of hydrogen-bond donors (Lipinski definition) is 0. The molecule has 3 rings (SSSR count). The van der Waals surface area contributed by atoms with Crippen LogP contribution in [0.2, 0.25) is 0 Å². The van der Waals surface area contributed by atoms with Crippen molar-refractivity contribution in [3.63, 3.8) is 0 Å². The van der Waals surface area contributed by atoms with Crippen molar-refractivity contribution in [3.05, 3.63) is 83.4 Å². The first-order valence-electron chi connectivity index (χ1n) is 11.2. The normalized spacial score (nSPS) is 12.4. The lowest BCUT2D eigenvalue weighted by atomic mass is 10.1. The highest BCUT2D eigenvalue weighted by Gasteiger charge is 2.19. The van der Waals surface area contributed by atoms with Crippen LogP contribution in [-0.2, 0) is 9.47 Å². The number of carbonyl (C=O) groups is 2. The molecule has 0 spiro atoms. The lowest BCUT2D eigenvalue weighted by molar-refractivity contribution is 0.0525. The van der Waals surface area contributed by atoms with Gasteiger partial charge in [-0.25, -0.2) is 9.59 Å². The van der Waals surface area contributed by atoms with Gasteiger partial charge in [-0.2, -0.15) is 0 Å². The lowest BCUT2D eigenvalue weighted by Crippen LogP contribution is -2.27. The zero-order valence-electron chi connectivity index (χ0n) is 20.6. The smallest absolute Gasteiger partial charge is 0.418 e. The number of hydrogen-bond acceptors (Lipinski definition) is 4. The van der Waals surface area contributed by atoms with Gasteiger partial charge in [0, 0.05) is 12.4 Å². The van der Waals surface area contributed by atoms with Gasteiger partial charge in [0.25, 0.3) is 0 Å². The SMILES string of the molecule is CC(C)(C)OC(=O)n1cccc1/C=C/c1ccccc1/C=C/c1cccn1C(=O)OC(C)(C)C. The Morgan fingerprint density at radius 3 is 1.35 bits per heavy atom. The van der Waals surface area contributed by atoms with Crippen LogP contribution >= 0.6 is 0 Å². The molecule has 0 N–H and O–H groups in total. The molecule has 0 amide bonds. The van der Waals surface area contributed by atoms with Crippen molar-refractivity contribution in [2.75, 3.05) is 0 Å². The van der Waals surface area contributed by atoms with Crippen molar-refractivity contribution in [3.8, 4) is 0 Å². The molecule has 0 aliphatic rings. The number of rotatable bonds is 4. The molecule has 178 valence electrons. The Morgan fingerprint density at radius 1 is 0.618 bits per heavy atom. The number of carbonyl (C=O) groups excluding carboxylic acids is 2. The topological polar surface area (TPSA) is 62.5 Å². The minimum atomic E-state index is -0.573. The van der Waals surface area contributed by atoms with Crippen molar-refractivity contribution in [2.45, 2.75) is 52.7 Å². The highest BCUT2D eigenvalue weighted by Crippen LogP contribution is 2.19. The van der Waals surface area contributed by atoms with Crippen molar-refractivity contribution < 1.29 is 19.1 Å². The summed E-state index contributed by atoms with van der Waals surface area (Å²) in [5, 5.41) is 0. The van der Waals surface area contributed by atoms with E-state index in [-0.39, 0.29) is 0 Å². The van der Waals surface area contributed by atoms with E-state index < -0.39 is 23.4 Å². The predicted molar refractivity (Wildman–Crippen MR) is 136 cm³/mol. The van der Waals surface area contributed by atoms with Gasteiger partial charge < -0.3 is 9.47 Å². The Balaban J connectivity index is 1.82. The maximum Gasteiger partial charge on any atom is 0.418 e. The molecule has 2 heterocycles. The highest BCUT2D eigenvalue weighted by molar-refractivity contribution is 5.83. The van der Waals surface area contributed by atoms with Crippen molar-refractivity contribution in [1.82, 2.24) is 9.13 Å². The number of aromatic nitrogens is 2. The maximum absolute atomic E-state index is 12.5. The summed E-state index contributed by atoms with van der Waals surface area (Å²) in [6, 6.07) is 15.2. The van der Waals surface area contributed by atoms with Crippen molar-refractivity contribution >= 4 is 36.5 Å². The van der Waals surface area contributed by atoms with Crippen LogP contribution in [-0.4, -0.2) is 32.5 Å². The molecule has 1 aromatic carbocycles. The third-order valence-corrected chi connectivity index (χ3v) is 4.60. The van der Waals surface area contributed by atoms with Gasteiger partial charge in [-0.3, -0.25) is 9.13 Å². The fourth-order valence-corrected chi connectivity index (χ4v) is 3.18. The average molecular weight is 461 g/mol. The Bertz CT molecular complexity index is 1120. The monoisotopic (exact) mass is 460 g/mol.